The predicted octanol–water partition coefficient (Wildman–Crippen LogP) is 9.48. The zero-order chi connectivity index (χ0) is 42.6. The van der Waals surface area contributed by atoms with Crippen molar-refractivity contribution in [2.24, 2.45) is 0 Å². The van der Waals surface area contributed by atoms with Crippen LogP contribution in [0.2, 0.25) is 0 Å². The quantitative estimate of drug-likeness (QED) is 0.0255. The van der Waals surface area contributed by atoms with E-state index in [1.807, 2.05) is 47.3 Å². The first kappa shape index (κ1) is 43.5. The molecule has 1 aliphatic carbocycles. The second-order valence-electron chi connectivity index (χ2n) is 14.0. The normalized spacial score (nSPS) is 12.1. The summed E-state index contributed by atoms with van der Waals surface area (Å²) in [7, 11) is 0. The van der Waals surface area contributed by atoms with Crippen molar-refractivity contribution in [3.8, 4) is 22.6 Å². The van der Waals surface area contributed by atoms with Gasteiger partial charge in [-0.1, -0.05) is 97.1 Å². The van der Waals surface area contributed by atoms with E-state index in [2.05, 4.69) is 72.8 Å². The minimum atomic E-state index is -0.586. The number of fused-ring (bicyclic) bond motifs is 3. The van der Waals surface area contributed by atoms with E-state index in [4.69, 9.17) is 26.8 Å². The SMILES string of the molecule is O=C(I)Cc1cccc(C(=O)OCCOC(=O)Cc2cccc(C(=O)OCCOc3ccc(C4(c5ccc(OCCOI)cc5)c5ccccc5-c5ccccc54)cc3)c2)c1. The number of ether oxygens (including phenoxy) is 5. The van der Waals surface area contributed by atoms with Gasteiger partial charge >= 0.3 is 17.9 Å². The van der Waals surface area contributed by atoms with Crippen LogP contribution in [0.5, 0.6) is 11.5 Å². The Bertz CT molecular complexity index is 2460. The van der Waals surface area contributed by atoms with Gasteiger partial charge in [-0.15, -0.1) is 0 Å². The molecule has 12 heteroatoms. The summed E-state index contributed by atoms with van der Waals surface area (Å²) in [6.07, 6.45) is 0.120. The fraction of sp³-hybridized carbons (Fsp3) is 0.184. The highest BCUT2D eigenvalue weighted by Gasteiger charge is 2.45. The molecule has 6 aromatic rings. The highest BCUT2D eigenvalue weighted by molar-refractivity contribution is 14.1. The summed E-state index contributed by atoms with van der Waals surface area (Å²) in [6.45, 7) is 0.818. The molecule has 7 rings (SSSR count). The number of hydrogen-bond acceptors (Lipinski definition) is 10. The van der Waals surface area contributed by atoms with Crippen LogP contribution in [-0.2, 0) is 45.1 Å². The average molecular weight is 1040 g/mol. The highest BCUT2D eigenvalue weighted by Crippen LogP contribution is 2.56. The number of benzene rings is 6. The van der Waals surface area contributed by atoms with Gasteiger partial charge in [0.2, 0.25) is 0 Å². The number of rotatable bonds is 19. The summed E-state index contributed by atoms with van der Waals surface area (Å²) in [5.41, 5.74) is 8.20. The highest BCUT2D eigenvalue weighted by atomic mass is 127. The lowest BCUT2D eigenvalue weighted by atomic mass is 9.68. The first-order chi connectivity index (χ1) is 29.8. The molecule has 0 radical (unpaired) electrons. The van der Waals surface area contributed by atoms with Crippen LogP contribution >= 0.6 is 45.6 Å². The van der Waals surface area contributed by atoms with Crippen molar-refractivity contribution in [2.45, 2.75) is 18.3 Å². The molecule has 0 N–H and O–H groups in total. The number of hydrogen-bond donors (Lipinski definition) is 0. The van der Waals surface area contributed by atoms with E-state index in [0.29, 0.717) is 35.7 Å². The molecule has 0 unspecified atom stereocenters. The average Bonchev–Trinajstić information content (AvgIpc) is 3.58. The van der Waals surface area contributed by atoms with Crippen molar-refractivity contribution in [2.75, 3.05) is 39.6 Å². The summed E-state index contributed by atoms with van der Waals surface area (Å²) in [6, 6.07) is 46.5. The van der Waals surface area contributed by atoms with Crippen LogP contribution in [0.1, 0.15) is 54.1 Å². The minimum Gasteiger partial charge on any atom is -0.491 e. The van der Waals surface area contributed by atoms with E-state index in [-0.39, 0.29) is 48.6 Å². The van der Waals surface area contributed by atoms with E-state index in [1.165, 1.54) is 22.3 Å². The number of carbonyl (C=O) groups is 4. The molecule has 0 amide bonds. The topological polar surface area (TPSA) is 124 Å². The third-order valence-electron chi connectivity index (χ3n) is 10.1. The van der Waals surface area contributed by atoms with Crippen molar-refractivity contribution in [1.82, 2.24) is 0 Å². The summed E-state index contributed by atoms with van der Waals surface area (Å²) >= 11 is 3.57. The van der Waals surface area contributed by atoms with Crippen molar-refractivity contribution in [3.63, 3.8) is 0 Å². The Hall–Kier alpha value is -5.58. The molecule has 0 aliphatic heterocycles. The van der Waals surface area contributed by atoms with Crippen molar-refractivity contribution < 1.29 is 45.9 Å². The first-order valence-electron chi connectivity index (χ1n) is 19.5. The molecule has 0 fully saturated rings. The lowest BCUT2D eigenvalue weighted by Gasteiger charge is -2.34. The second kappa shape index (κ2) is 20.8. The Morgan fingerprint density at radius 2 is 0.934 bits per heavy atom. The maximum atomic E-state index is 12.9. The molecule has 0 bridgehead atoms. The minimum absolute atomic E-state index is 0.00926. The van der Waals surface area contributed by atoms with Gasteiger partial charge in [0, 0.05) is 6.42 Å². The van der Waals surface area contributed by atoms with Crippen LogP contribution in [0.4, 0.5) is 0 Å². The van der Waals surface area contributed by atoms with Gasteiger partial charge in [-0.05, 0) is 116 Å². The van der Waals surface area contributed by atoms with Gasteiger partial charge in [-0.3, -0.25) is 9.59 Å². The molecule has 1 aliphatic rings. The Labute approximate surface area is 381 Å². The maximum absolute atomic E-state index is 12.9. The zero-order valence-electron chi connectivity index (χ0n) is 32.9. The van der Waals surface area contributed by atoms with Crippen LogP contribution in [-0.4, -0.2) is 61.3 Å². The van der Waals surface area contributed by atoms with E-state index in [1.54, 1.807) is 71.1 Å². The van der Waals surface area contributed by atoms with Gasteiger partial charge in [-0.25, -0.2) is 9.59 Å². The smallest absolute Gasteiger partial charge is 0.338 e. The van der Waals surface area contributed by atoms with E-state index >= 15 is 0 Å². The van der Waals surface area contributed by atoms with Gasteiger partial charge < -0.3 is 26.8 Å². The third-order valence-corrected chi connectivity index (χ3v) is 11.0. The molecule has 10 nitrogen and oxygen atoms in total. The molecule has 0 heterocycles. The number of halogens is 2. The van der Waals surface area contributed by atoms with Crippen molar-refractivity contribution in [1.29, 1.82) is 0 Å². The second-order valence-corrected chi connectivity index (χ2v) is 15.8. The molecule has 0 atom stereocenters. The molecule has 0 saturated carbocycles. The number of esters is 3. The van der Waals surface area contributed by atoms with Crippen LogP contribution in [0, 0.1) is 0 Å². The molecule has 61 heavy (non-hydrogen) atoms. The van der Waals surface area contributed by atoms with Gasteiger partial charge in [0.1, 0.15) is 67.5 Å². The zero-order valence-corrected chi connectivity index (χ0v) is 37.2. The molecular weight excluding hydrogens is 1000 g/mol. The summed E-state index contributed by atoms with van der Waals surface area (Å²) < 4.78 is 33.0. The number of carbonyl (C=O) groups excluding carboxylic acids is 4. The maximum Gasteiger partial charge on any atom is 0.338 e. The fourth-order valence-electron chi connectivity index (χ4n) is 7.56. The van der Waals surface area contributed by atoms with Gasteiger partial charge in [-0.2, -0.15) is 0 Å². The van der Waals surface area contributed by atoms with Gasteiger partial charge in [0.25, 0.3) is 0 Å². The van der Waals surface area contributed by atoms with Crippen molar-refractivity contribution in [3.05, 3.63) is 190 Å². The fourth-order valence-corrected chi connectivity index (χ4v) is 8.18. The predicted molar refractivity (Wildman–Crippen MR) is 246 cm³/mol. The molecule has 0 saturated heterocycles. The van der Waals surface area contributed by atoms with Gasteiger partial charge in [0.05, 0.1) is 29.6 Å². The van der Waals surface area contributed by atoms with Crippen LogP contribution in [0.25, 0.3) is 11.1 Å². The molecule has 310 valence electrons. The third kappa shape index (κ3) is 10.5. The van der Waals surface area contributed by atoms with E-state index in [9.17, 15) is 19.2 Å². The van der Waals surface area contributed by atoms with Gasteiger partial charge in [0.15, 0.2) is 3.79 Å². The Morgan fingerprint density at radius 3 is 1.44 bits per heavy atom. The Morgan fingerprint density at radius 1 is 0.475 bits per heavy atom. The lowest BCUT2D eigenvalue weighted by molar-refractivity contribution is -0.143. The van der Waals surface area contributed by atoms with Crippen LogP contribution in [0.15, 0.2) is 146 Å². The molecular formula is C49H40I2O10. The molecule has 0 aromatic heterocycles. The summed E-state index contributed by atoms with van der Waals surface area (Å²) in [4.78, 5) is 49.2. The van der Waals surface area contributed by atoms with E-state index < -0.39 is 23.3 Å². The van der Waals surface area contributed by atoms with Crippen molar-refractivity contribution >= 4 is 67.3 Å². The summed E-state index contributed by atoms with van der Waals surface area (Å²) in [5, 5.41) is 0. The Balaban J connectivity index is 0.924. The standard InChI is InChI=1S/C49H40I2O10/c50-45(52)31-33-7-5-9-35(29-33)47(54)60-26-24-58-46(53)32-34-8-6-10-36(30-34)48(55)59-25-23-56-39-19-15-37(16-20-39)49(38-17-21-40(22-18-38)57-27-28-61-51)43-13-3-1-11-41(43)42-12-2-4-14-44(42)49/h1-22,29-30H,23-28,31-32H2. The summed E-state index contributed by atoms with van der Waals surface area (Å²) in [5.74, 6) is -0.280. The van der Waals surface area contributed by atoms with Crippen LogP contribution in [0.3, 0.4) is 0 Å². The van der Waals surface area contributed by atoms with Crippen LogP contribution < -0.4 is 9.47 Å². The molecule has 0 spiro atoms. The largest absolute Gasteiger partial charge is 0.491 e. The molecule has 6 aromatic carbocycles. The lowest BCUT2D eigenvalue weighted by Crippen LogP contribution is -2.28. The monoisotopic (exact) mass is 1040 g/mol. The first-order valence-corrected chi connectivity index (χ1v) is 21.5. The Kier molecular flexibility index (Phi) is 14.8. The van der Waals surface area contributed by atoms with E-state index in [0.717, 1.165) is 16.9 Å².